The predicted molar refractivity (Wildman–Crippen MR) is 40.7 cm³/mol. The maximum absolute atomic E-state index is 12.6. The molecule has 5 heteroatoms. The number of hydrogen-bond acceptors (Lipinski definition) is 2. The summed E-state index contributed by atoms with van der Waals surface area (Å²) in [5.41, 5.74) is -1.45. The van der Waals surface area contributed by atoms with E-state index in [1.807, 2.05) is 0 Å². The van der Waals surface area contributed by atoms with Gasteiger partial charge in [-0.2, -0.15) is 0 Å². The molecule has 0 aromatic rings. The molecule has 1 saturated heterocycles. The van der Waals surface area contributed by atoms with E-state index < -0.39 is 24.2 Å². The summed E-state index contributed by atoms with van der Waals surface area (Å²) in [6.07, 6.45) is -2.39. The van der Waals surface area contributed by atoms with Gasteiger partial charge in [-0.1, -0.05) is 0 Å². The minimum absolute atomic E-state index is 0.142. The molecule has 1 atom stereocenters. The van der Waals surface area contributed by atoms with Crippen LogP contribution in [0.5, 0.6) is 0 Å². The Bertz CT molecular complexity index is 188. The van der Waals surface area contributed by atoms with E-state index in [4.69, 9.17) is 9.84 Å². The van der Waals surface area contributed by atoms with Crippen molar-refractivity contribution in [1.82, 2.24) is 0 Å². The largest absolute Gasteiger partial charge is 0.481 e. The molecular formula is C8H12F2O3. The monoisotopic (exact) mass is 194 g/mol. The zero-order chi connectivity index (χ0) is 9.90. The van der Waals surface area contributed by atoms with E-state index in [0.717, 1.165) is 0 Å². The van der Waals surface area contributed by atoms with Crippen LogP contribution in [0.2, 0.25) is 0 Å². The Hall–Kier alpha value is -0.710. The maximum atomic E-state index is 12.6. The first-order chi connectivity index (χ1) is 6.07. The SMILES string of the molecule is O=C(O)CC1(C(F)F)CCCOC1. The van der Waals surface area contributed by atoms with Gasteiger partial charge in [0.1, 0.15) is 0 Å². The second-order valence-corrected chi connectivity index (χ2v) is 3.39. The van der Waals surface area contributed by atoms with Crippen molar-refractivity contribution < 1.29 is 23.4 Å². The minimum atomic E-state index is -2.62. The van der Waals surface area contributed by atoms with E-state index in [9.17, 15) is 13.6 Å². The van der Waals surface area contributed by atoms with Crippen LogP contribution in [0.15, 0.2) is 0 Å². The highest BCUT2D eigenvalue weighted by Crippen LogP contribution is 2.38. The number of carbonyl (C=O) groups is 1. The molecule has 1 unspecified atom stereocenters. The first-order valence-corrected chi connectivity index (χ1v) is 4.14. The molecule has 1 N–H and O–H groups in total. The molecule has 1 aliphatic rings. The van der Waals surface area contributed by atoms with Crippen LogP contribution >= 0.6 is 0 Å². The molecule has 0 aliphatic carbocycles. The number of carboxylic acids is 1. The first-order valence-electron chi connectivity index (χ1n) is 4.14. The maximum Gasteiger partial charge on any atom is 0.304 e. The Morgan fingerprint density at radius 3 is 2.69 bits per heavy atom. The van der Waals surface area contributed by atoms with Crippen LogP contribution in [-0.4, -0.2) is 30.7 Å². The number of rotatable bonds is 3. The zero-order valence-corrected chi connectivity index (χ0v) is 7.13. The van der Waals surface area contributed by atoms with Crippen LogP contribution in [0.4, 0.5) is 8.78 Å². The van der Waals surface area contributed by atoms with Gasteiger partial charge < -0.3 is 9.84 Å². The van der Waals surface area contributed by atoms with E-state index in [0.29, 0.717) is 13.0 Å². The number of aliphatic carboxylic acids is 1. The number of carboxylic acid groups (broad SMARTS) is 1. The van der Waals surface area contributed by atoms with Crippen LogP contribution in [0.25, 0.3) is 0 Å². The third kappa shape index (κ3) is 2.37. The van der Waals surface area contributed by atoms with Crippen molar-refractivity contribution in [1.29, 1.82) is 0 Å². The van der Waals surface area contributed by atoms with Gasteiger partial charge in [-0.3, -0.25) is 4.79 Å². The molecule has 0 amide bonds. The average molecular weight is 194 g/mol. The Balaban J connectivity index is 2.67. The number of alkyl halides is 2. The highest BCUT2D eigenvalue weighted by atomic mass is 19.3. The lowest BCUT2D eigenvalue weighted by atomic mass is 9.80. The van der Waals surface area contributed by atoms with E-state index in [-0.39, 0.29) is 13.0 Å². The quantitative estimate of drug-likeness (QED) is 0.740. The Morgan fingerprint density at radius 2 is 2.31 bits per heavy atom. The molecule has 76 valence electrons. The normalized spacial score (nSPS) is 29.2. The van der Waals surface area contributed by atoms with Gasteiger partial charge in [-0.05, 0) is 12.8 Å². The van der Waals surface area contributed by atoms with Crippen molar-refractivity contribution in [2.24, 2.45) is 5.41 Å². The molecule has 1 fully saturated rings. The van der Waals surface area contributed by atoms with Crippen LogP contribution in [0, 0.1) is 5.41 Å². The molecule has 13 heavy (non-hydrogen) atoms. The average Bonchev–Trinajstić information content (AvgIpc) is 2.04. The highest BCUT2D eigenvalue weighted by molar-refractivity contribution is 5.67. The minimum Gasteiger partial charge on any atom is -0.481 e. The summed E-state index contributed by atoms with van der Waals surface area (Å²) in [6, 6.07) is 0. The summed E-state index contributed by atoms with van der Waals surface area (Å²) < 4.78 is 30.1. The lowest BCUT2D eigenvalue weighted by Gasteiger charge is -2.34. The fourth-order valence-electron chi connectivity index (χ4n) is 1.56. The highest BCUT2D eigenvalue weighted by Gasteiger charge is 2.43. The van der Waals surface area contributed by atoms with Gasteiger partial charge in [0.05, 0.1) is 18.4 Å². The van der Waals surface area contributed by atoms with Crippen LogP contribution in [0.3, 0.4) is 0 Å². The Kier molecular flexibility index (Phi) is 3.19. The molecule has 0 radical (unpaired) electrons. The smallest absolute Gasteiger partial charge is 0.304 e. The molecule has 1 aliphatic heterocycles. The lowest BCUT2D eigenvalue weighted by Crippen LogP contribution is -2.40. The molecule has 0 spiro atoms. The van der Waals surface area contributed by atoms with E-state index in [1.165, 1.54) is 0 Å². The first kappa shape index (κ1) is 10.4. The second kappa shape index (κ2) is 4.00. The molecule has 0 saturated carbocycles. The van der Waals surface area contributed by atoms with E-state index in [1.54, 1.807) is 0 Å². The fourth-order valence-corrected chi connectivity index (χ4v) is 1.56. The number of hydrogen-bond donors (Lipinski definition) is 1. The van der Waals surface area contributed by atoms with Crippen molar-refractivity contribution in [2.75, 3.05) is 13.2 Å². The molecule has 0 aromatic heterocycles. The van der Waals surface area contributed by atoms with Crippen molar-refractivity contribution >= 4 is 5.97 Å². The van der Waals surface area contributed by atoms with Gasteiger partial charge in [0.2, 0.25) is 6.43 Å². The van der Waals surface area contributed by atoms with Crippen LogP contribution in [-0.2, 0) is 9.53 Å². The van der Waals surface area contributed by atoms with Gasteiger partial charge in [-0.15, -0.1) is 0 Å². The predicted octanol–water partition coefficient (Wildman–Crippen LogP) is 1.52. The molecular weight excluding hydrogens is 182 g/mol. The molecule has 0 bridgehead atoms. The molecule has 1 heterocycles. The summed E-state index contributed by atoms with van der Waals surface area (Å²) in [5, 5.41) is 8.49. The summed E-state index contributed by atoms with van der Waals surface area (Å²) >= 11 is 0. The number of halogens is 2. The summed E-state index contributed by atoms with van der Waals surface area (Å²) in [7, 11) is 0. The second-order valence-electron chi connectivity index (χ2n) is 3.39. The lowest BCUT2D eigenvalue weighted by molar-refractivity contribution is -0.152. The third-order valence-corrected chi connectivity index (χ3v) is 2.32. The summed E-state index contributed by atoms with van der Waals surface area (Å²) in [4.78, 5) is 10.4. The van der Waals surface area contributed by atoms with E-state index >= 15 is 0 Å². The molecule has 1 rings (SSSR count). The van der Waals surface area contributed by atoms with Crippen molar-refractivity contribution in [3.63, 3.8) is 0 Å². The fraction of sp³-hybridized carbons (Fsp3) is 0.875. The standard InChI is InChI=1S/C8H12F2O3/c9-7(10)8(4-6(11)12)2-1-3-13-5-8/h7H,1-5H2,(H,11,12). The molecule has 3 nitrogen and oxygen atoms in total. The zero-order valence-electron chi connectivity index (χ0n) is 7.13. The number of ether oxygens (including phenoxy) is 1. The summed E-state index contributed by atoms with van der Waals surface area (Å²) in [6.45, 7) is 0.311. The third-order valence-electron chi connectivity index (χ3n) is 2.32. The van der Waals surface area contributed by atoms with Gasteiger partial charge >= 0.3 is 5.97 Å². The Morgan fingerprint density at radius 1 is 1.62 bits per heavy atom. The van der Waals surface area contributed by atoms with Gasteiger partial charge in [0, 0.05) is 6.61 Å². The van der Waals surface area contributed by atoms with Gasteiger partial charge in [0.25, 0.3) is 0 Å². The van der Waals surface area contributed by atoms with E-state index in [2.05, 4.69) is 0 Å². The van der Waals surface area contributed by atoms with Crippen molar-refractivity contribution in [2.45, 2.75) is 25.7 Å². The van der Waals surface area contributed by atoms with Crippen LogP contribution in [0.1, 0.15) is 19.3 Å². The van der Waals surface area contributed by atoms with Crippen molar-refractivity contribution in [3.05, 3.63) is 0 Å². The van der Waals surface area contributed by atoms with Crippen LogP contribution < -0.4 is 0 Å². The topological polar surface area (TPSA) is 46.5 Å². The Labute approximate surface area is 74.7 Å². The van der Waals surface area contributed by atoms with Gasteiger partial charge in [-0.25, -0.2) is 8.78 Å². The van der Waals surface area contributed by atoms with Gasteiger partial charge in [0.15, 0.2) is 0 Å². The van der Waals surface area contributed by atoms with Crippen molar-refractivity contribution in [3.8, 4) is 0 Å². The molecule has 0 aromatic carbocycles. The summed E-state index contributed by atoms with van der Waals surface area (Å²) in [5.74, 6) is -1.19.